The van der Waals surface area contributed by atoms with Gasteiger partial charge in [-0.25, -0.2) is 9.78 Å². The van der Waals surface area contributed by atoms with Crippen molar-refractivity contribution in [1.82, 2.24) is 14.5 Å². The lowest BCUT2D eigenvalue weighted by Crippen LogP contribution is -2.21. The van der Waals surface area contributed by atoms with Gasteiger partial charge in [-0.1, -0.05) is 0 Å². The van der Waals surface area contributed by atoms with Crippen LogP contribution < -0.4 is 16.8 Å². The Morgan fingerprint density at radius 1 is 1.55 bits per heavy atom. The van der Waals surface area contributed by atoms with E-state index in [2.05, 4.69) is 15.3 Å². The highest BCUT2D eigenvalue weighted by Gasteiger charge is 2.09. The van der Waals surface area contributed by atoms with E-state index >= 15 is 0 Å². The lowest BCUT2D eigenvalue weighted by atomic mass is 10.2. The predicted molar refractivity (Wildman–Crippen MR) is 76.6 cm³/mol. The standard InChI is InChI=1S/C13H15N5O2/c1-8(6-18-3-2-15-7-18)16-10-5-11-12(4-9(10)14)20-13(19)17-11/h2-5,7-8,16H,6,14H2,1H3,(H,17,19). The van der Waals surface area contributed by atoms with Crippen molar-refractivity contribution in [2.24, 2.45) is 0 Å². The maximum absolute atomic E-state index is 11.2. The van der Waals surface area contributed by atoms with Crippen molar-refractivity contribution >= 4 is 22.5 Å². The molecule has 0 aliphatic rings. The molecule has 1 atom stereocenters. The second-order valence-electron chi connectivity index (χ2n) is 4.76. The molecule has 7 heteroatoms. The zero-order chi connectivity index (χ0) is 14.1. The van der Waals surface area contributed by atoms with Gasteiger partial charge in [0.2, 0.25) is 0 Å². The molecule has 1 aromatic carbocycles. The number of fused-ring (bicyclic) bond motifs is 1. The largest absolute Gasteiger partial charge is 0.417 e. The van der Waals surface area contributed by atoms with Crippen molar-refractivity contribution in [3.8, 4) is 0 Å². The average molecular weight is 273 g/mol. The summed E-state index contributed by atoms with van der Waals surface area (Å²) in [4.78, 5) is 17.8. The molecule has 20 heavy (non-hydrogen) atoms. The minimum Gasteiger partial charge on any atom is -0.408 e. The van der Waals surface area contributed by atoms with Crippen LogP contribution in [0.1, 0.15) is 6.92 Å². The molecule has 0 saturated carbocycles. The number of nitrogens with one attached hydrogen (secondary N) is 2. The summed E-state index contributed by atoms with van der Waals surface area (Å²) in [7, 11) is 0. The van der Waals surface area contributed by atoms with Gasteiger partial charge in [0.05, 0.1) is 23.2 Å². The van der Waals surface area contributed by atoms with E-state index in [0.717, 1.165) is 12.2 Å². The molecule has 3 aromatic rings. The smallest absolute Gasteiger partial charge is 0.408 e. The van der Waals surface area contributed by atoms with Crippen LogP contribution in [0, 0.1) is 0 Å². The number of H-pyrrole nitrogens is 1. The lowest BCUT2D eigenvalue weighted by Gasteiger charge is -2.17. The van der Waals surface area contributed by atoms with Crippen LogP contribution in [0.15, 0.2) is 40.1 Å². The predicted octanol–water partition coefficient (Wildman–Crippen LogP) is 1.40. The number of hydrogen-bond acceptors (Lipinski definition) is 5. The number of anilines is 2. The fourth-order valence-corrected chi connectivity index (χ4v) is 2.16. The van der Waals surface area contributed by atoms with Crippen molar-refractivity contribution < 1.29 is 4.42 Å². The van der Waals surface area contributed by atoms with Gasteiger partial charge in [0.1, 0.15) is 0 Å². The van der Waals surface area contributed by atoms with Gasteiger partial charge >= 0.3 is 5.76 Å². The molecule has 2 aromatic heterocycles. The minimum absolute atomic E-state index is 0.155. The van der Waals surface area contributed by atoms with E-state index in [1.807, 2.05) is 17.7 Å². The summed E-state index contributed by atoms with van der Waals surface area (Å²) < 4.78 is 6.94. The second-order valence-corrected chi connectivity index (χ2v) is 4.76. The molecule has 0 radical (unpaired) electrons. The molecule has 0 saturated heterocycles. The zero-order valence-electron chi connectivity index (χ0n) is 11.0. The van der Waals surface area contributed by atoms with Crippen molar-refractivity contribution in [1.29, 1.82) is 0 Å². The minimum atomic E-state index is -0.483. The fraction of sp³-hybridized carbons (Fsp3) is 0.231. The van der Waals surface area contributed by atoms with Gasteiger partial charge in [-0.2, -0.15) is 0 Å². The lowest BCUT2D eigenvalue weighted by molar-refractivity contribution is 0.555. The fourth-order valence-electron chi connectivity index (χ4n) is 2.16. The quantitative estimate of drug-likeness (QED) is 0.624. The maximum atomic E-state index is 11.2. The average Bonchev–Trinajstić information content (AvgIpc) is 2.98. The normalized spacial score (nSPS) is 12.7. The van der Waals surface area contributed by atoms with Gasteiger partial charge in [-0.05, 0) is 13.0 Å². The Morgan fingerprint density at radius 3 is 3.15 bits per heavy atom. The SMILES string of the molecule is CC(Cn1ccnc1)Nc1cc2[nH]c(=O)oc2cc1N. The molecule has 104 valence electrons. The number of aromatic nitrogens is 3. The molecule has 1 unspecified atom stereocenters. The Labute approximate surface area is 114 Å². The molecule has 2 heterocycles. The molecule has 4 N–H and O–H groups in total. The molecule has 0 spiro atoms. The summed E-state index contributed by atoms with van der Waals surface area (Å²) in [6.45, 7) is 2.81. The Balaban J connectivity index is 1.82. The van der Waals surface area contributed by atoms with Gasteiger partial charge < -0.3 is 20.0 Å². The monoisotopic (exact) mass is 273 g/mol. The van der Waals surface area contributed by atoms with Crippen LogP contribution in [0.25, 0.3) is 11.1 Å². The molecular weight excluding hydrogens is 258 g/mol. The number of hydrogen-bond donors (Lipinski definition) is 3. The van der Waals surface area contributed by atoms with Crippen molar-refractivity contribution in [2.45, 2.75) is 19.5 Å². The topological polar surface area (TPSA) is 102 Å². The number of benzene rings is 1. The van der Waals surface area contributed by atoms with Crippen molar-refractivity contribution in [3.63, 3.8) is 0 Å². The van der Waals surface area contributed by atoms with Gasteiger partial charge in [0.15, 0.2) is 5.58 Å². The number of nitrogens with two attached hydrogens (primary N) is 1. The van der Waals surface area contributed by atoms with Gasteiger partial charge in [-0.15, -0.1) is 0 Å². The first kappa shape index (κ1) is 12.3. The van der Waals surface area contributed by atoms with E-state index < -0.39 is 5.76 Å². The van der Waals surface area contributed by atoms with E-state index in [1.54, 1.807) is 24.7 Å². The Kier molecular flexibility index (Phi) is 2.94. The van der Waals surface area contributed by atoms with Crippen LogP contribution in [0.5, 0.6) is 0 Å². The van der Waals surface area contributed by atoms with Crippen molar-refractivity contribution in [2.75, 3.05) is 11.1 Å². The molecule has 0 amide bonds. The van der Waals surface area contributed by atoms with E-state index in [4.69, 9.17) is 10.2 Å². The highest BCUT2D eigenvalue weighted by molar-refractivity contribution is 5.85. The summed E-state index contributed by atoms with van der Waals surface area (Å²) in [5.41, 5.74) is 8.35. The highest BCUT2D eigenvalue weighted by Crippen LogP contribution is 2.25. The first-order valence-electron chi connectivity index (χ1n) is 6.26. The third-order valence-corrected chi connectivity index (χ3v) is 3.04. The highest BCUT2D eigenvalue weighted by atomic mass is 16.4. The van der Waals surface area contributed by atoms with Gasteiger partial charge in [-0.3, -0.25) is 4.98 Å². The molecule has 3 rings (SSSR count). The van der Waals surface area contributed by atoms with E-state index in [-0.39, 0.29) is 6.04 Å². The maximum Gasteiger partial charge on any atom is 0.417 e. The van der Waals surface area contributed by atoms with E-state index in [0.29, 0.717) is 16.8 Å². The third kappa shape index (κ3) is 2.37. The first-order chi connectivity index (χ1) is 9.61. The Morgan fingerprint density at radius 2 is 2.40 bits per heavy atom. The van der Waals surface area contributed by atoms with Crippen LogP contribution in [0.3, 0.4) is 0 Å². The number of nitrogen functional groups attached to an aromatic ring is 1. The number of imidazole rings is 1. The zero-order valence-corrected chi connectivity index (χ0v) is 11.0. The summed E-state index contributed by atoms with van der Waals surface area (Å²) in [5, 5.41) is 3.31. The number of rotatable bonds is 4. The molecule has 0 fully saturated rings. The van der Waals surface area contributed by atoms with Gasteiger partial charge in [0, 0.05) is 31.0 Å². The van der Waals surface area contributed by atoms with Crippen LogP contribution in [-0.2, 0) is 6.54 Å². The molecule has 7 nitrogen and oxygen atoms in total. The number of aromatic amines is 1. The summed E-state index contributed by atoms with van der Waals surface area (Å²) in [6, 6.07) is 3.57. The summed E-state index contributed by atoms with van der Waals surface area (Å²) >= 11 is 0. The summed E-state index contributed by atoms with van der Waals surface area (Å²) in [6.07, 6.45) is 5.40. The number of nitrogens with zero attached hydrogens (tertiary/aromatic N) is 2. The molecule has 0 aliphatic carbocycles. The van der Waals surface area contributed by atoms with E-state index in [1.165, 1.54) is 0 Å². The van der Waals surface area contributed by atoms with Crippen LogP contribution in [0.4, 0.5) is 11.4 Å². The molecule has 0 aliphatic heterocycles. The second kappa shape index (κ2) is 4.76. The number of oxazole rings is 1. The Hall–Kier alpha value is -2.70. The third-order valence-electron chi connectivity index (χ3n) is 3.04. The van der Waals surface area contributed by atoms with Crippen LogP contribution >= 0.6 is 0 Å². The van der Waals surface area contributed by atoms with Crippen molar-refractivity contribution in [3.05, 3.63) is 41.4 Å². The van der Waals surface area contributed by atoms with E-state index in [9.17, 15) is 4.79 Å². The first-order valence-corrected chi connectivity index (χ1v) is 6.26. The van der Waals surface area contributed by atoms with Crippen LogP contribution in [-0.4, -0.2) is 20.6 Å². The van der Waals surface area contributed by atoms with Gasteiger partial charge in [0.25, 0.3) is 0 Å². The molecule has 0 bridgehead atoms. The molecular formula is C13H15N5O2. The summed E-state index contributed by atoms with van der Waals surface area (Å²) in [5.74, 6) is -0.483. The van der Waals surface area contributed by atoms with Crippen LogP contribution in [0.2, 0.25) is 0 Å². The Bertz CT molecular complexity index is 772.